The topological polar surface area (TPSA) is 65.7 Å². The van der Waals surface area contributed by atoms with Crippen molar-refractivity contribution in [2.75, 3.05) is 13.2 Å². The van der Waals surface area contributed by atoms with Crippen LogP contribution in [0.5, 0.6) is 11.5 Å². The van der Waals surface area contributed by atoms with Crippen LogP contribution in [0.3, 0.4) is 0 Å². The molecule has 33 heavy (non-hydrogen) atoms. The van der Waals surface area contributed by atoms with E-state index in [-0.39, 0.29) is 5.56 Å². The summed E-state index contributed by atoms with van der Waals surface area (Å²) in [5, 5.41) is 4.44. The summed E-state index contributed by atoms with van der Waals surface area (Å²) in [5.74, 6) is 2.21. The van der Waals surface area contributed by atoms with Gasteiger partial charge in [0.25, 0.3) is 5.56 Å². The monoisotopic (exact) mass is 463 g/mol. The molecule has 2 aromatic carbocycles. The van der Waals surface area contributed by atoms with E-state index in [1.165, 1.54) is 28.7 Å². The van der Waals surface area contributed by atoms with Crippen LogP contribution in [0.2, 0.25) is 0 Å². The molecule has 0 radical (unpaired) electrons. The highest BCUT2D eigenvalue weighted by Gasteiger charge is 2.12. The third-order valence-corrected chi connectivity index (χ3v) is 6.21. The van der Waals surface area contributed by atoms with Gasteiger partial charge in [-0.2, -0.15) is 9.50 Å². The molecule has 2 heterocycles. The molecule has 6 nitrogen and oxygen atoms in total. The van der Waals surface area contributed by atoms with Gasteiger partial charge < -0.3 is 9.47 Å². The van der Waals surface area contributed by atoms with Crippen LogP contribution in [0.1, 0.15) is 51.5 Å². The van der Waals surface area contributed by atoms with E-state index in [1.807, 2.05) is 54.6 Å². The summed E-state index contributed by atoms with van der Waals surface area (Å²) in [5.41, 5.74) is 1.64. The first kappa shape index (κ1) is 23.0. The summed E-state index contributed by atoms with van der Waals surface area (Å²) < 4.78 is 13.4. The molecule has 0 atom stereocenters. The number of nitrogens with zero attached hydrogens (tertiary/aromatic N) is 3. The molecule has 0 fully saturated rings. The molecule has 4 rings (SSSR count). The van der Waals surface area contributed by atoms with E-state index in [4.69, 9.17) is 9.47 Å². The number of benzene rings is 2. The average Bonchev–Trinajstić information content (AvgIpc) is 3.38. The number of hydrogen-bond donors (Lipinski definition) is 0. The van der Waals surface area contributed by atoms with Gasteiger partial charge >= 0.3 is 0 Å². The minimum atomic E-state index is -0.159. The van der Waals surface area contributed by atoms with Crippen molar-refractivity contribution >= 4 is 22.4 Å². The van der Waals surface area contributed by atoms with Crippen LogP contribution in [0, 0.1) is 0 Å². The van der Waals surface area contributed by atoms with Crippen molar-refractivity contribution in [3.05, 3.63) is 69.0 Å². The van der Waals surface area contributed by atoms with Crippen LogP contribution in [-0.4, -0.2) is 27.8 Å². The van der Waals surface area contributed by atoms with Gasteiger partial charge in [0.05, 0.1) is 17.7 Å². The van der Waals surface area contributed by atoms with Crippen LogP contribution in [-0.2, 0) is 0 Å². The lowest BCUT2D eigenvalue weighted by Crippen LogP contribution is -2.23. The Morgan fingerprint density at radius 2 is 1.52 bits per heavy atom. The Bertz CT molecular complexity index is 1280. The Labute approximate surface area is 197 Å². The summed E-state index contributed by atoms with van der Waals surface area (Å²) >= 11 is 1.34. The zero-order chi connectivity index (χ0) is 23.0. The Morgan fingerprint density at radius 1 is 0.879 bits per heavy atom. The number of thiazole rings is 1. The van der Waals surface area contributed by atoms with Crippen molar-refractivity contribution in [2.45, 2.75) is 46.0 Å². The molecule has 0 amide bonds. The van der Waals surface area contributed by atoms with Gasteiger partial charge in [-0.1, -0.05) is 56.6 Å². The van der Waals surface area contributed by atoms with Crippen molar-refractivity contribution in [2.24, 2.45) is 0 Å². The lowest BCUT2D eigenvalue weighted by atomic mass is 10.2. The Balaban J connectivity index is 1.48. The van der Waals surface area contributed by atoms with Crippen LogP contribution >= 0.6 is 11.3 Å². The predicted octanol–water partition coefficient (Wildman–Crippen LogP) is 5.11. The van der Waals surface area contributed by atoms with Crippen molar-refractivity contribution in [3.8, 4) is 22.9 Å². The molecular formula is C26H29N3O3S. The number of rotatable bonds is 11. The highest BCUT2D eigenvalue weighted by atomic mass is 32.1. The maximum absolute atomic E-state index is 12.8. The Kier molecular flexibility index (Phi) is 7.73. The van der Waals surface area contributed by atoms with Gasteiger partial charge in [-0.3, -0.25) is 4.79 Å². The van der Waals surface area contributed by atoms with Crippen molar-refractivity contribution in [1.29, 1.82) is 0 Å². The second-order valence-corrected chi connectivity index (χ2v) is 8.91. The number of unbranched alkanes of at least 4 members (excludes halogenated alkanes) is 3. The first-order valence-corrected chi connectivity index (χ1v) is 12.4. The fourth-order valence-electron chi connectivity index (χ4n) is 3.34. The summed E-state index contributed by atoms with van der Waals surface area (Å²) in [6, 6.07) is 15.5. The lowest BCUT2D eigenvalue weighted by Gasteiger charge is -2.05. The van der Waals surface area contributed by atoms with Gasteiger partial charge in [0.15, 0.2) is 5.82 Å². The number of ether oxygens (including phenoxy) is 2. The second-order valence-electron chi connectivity index (χ2n) is 7.90. The first-order chi connectivity index (χ1) is 16.2. The number of fused-ring (bicyclic) bond motifs is 1. The van der Waals surface area contributed by atoms with E-state index in [9.17, 15) is 4.79 Å². The summed E-state index contributed by atoms with van der Waals surface area (Å²) in [4.78, 5) is 18.0. The van der Waals surface area contributed by atoms with Crippen molar-refractivity contribution in [3.63, 3.8) is 0 Å². The van der Waals surface area contributed by atoms with E-state index in [1.54, 1.807) is 0 Å². The fraction of sp³-hybridized carbons (Fsp3) is 0.346. The van der Waals surface area contributed by atoms with E-state index < -0.39 is 0 Å². The third-order valence-electron chi connectivity index (χ3n) is 5.26. The molecule has 0 spiro atoms. The van der Waals surface area contributed by atoms with Gasteiger partial charge in [0, 0.05) is 5.56 Å². The summed E-state index contributed by atoms with van der Waals surface area (Å²) in [6.45, 7) is 5.75. The lowest BCUT2D eigenvalue weighted by molar-refractivity contribution is 0.306. The predicted molar refractivity (Wildman–Crippen MR) is 133 cm³/mol. The van der Waals surface area contributed by atoms with Gasteiger partial charge in [-0.05, 0) is 60.9 Å². The molecule has 4 aromatic rings. The van der Waals surface area contributed by atoms with Crippen LogP contribution in [0.25, 0.3) is 22.4 Å². The second kappa shape index (κ2) is 11.1. The van der Waals surface area contributed by atoms with Crippen LogP contribution in [0.15, 0.2) is 53.3 Å². The quantitative estimate of drug-likeness (QED) is 0.289. The molecule has 172 valence electrons. The van der Waals surface area contributed by atoms with E-state index in [0.717, 1.165) is 55.1 Å². The molecule has 0 N–H and O–H groups in total. The molecule has 0 aliphatic carbocycles. The molecule has 0 saturated carbocycles. The SMILES string of the molecule is CCCCCOc1ccc(-c2nc3s/c(=C/c4ccc(OCCCC)cc4)c(=O)n3n2)cc1. The molecule has 2 aromatic heterocycles. The normalized spacial score (nSPS) is 11.9. The van der Waals surface area contributed by atoms with Crippen LogP contribution < -0.4 is 19.6 Å². The first-order valence-electron chi connectivity index (χ1n) is 11.6. The van der Waals surface area contributed by atoms with E-state index in [2.05, 4.69) is 23.9 Å². The zero-order valence-corrected chi connectivity index (χ0v) is 19.9. The summed E-state index contributed by atoms with van der Waals surface area (Å²) in [6.07, 6.45) is 7.40. The number of aromatic nitrogens is 3. The molecule has 0 saturated heterocycles. The van der Waals surface area contributed by atoms with Gasteiger partial charge in [-0.25, -0.2) is 0 Å². The summed E-state index contributed by atoms with van der Waals surface area (Å²) in [7, 11) is 0. The molecule has 0 aliphatic heterocycles. The maximum atomic E-state index is 12.8. The highest BCUT2D eigenvalue weighted by molar-refractivity contribution is 7.15. The molecule has 7 heteroatoms. The minimum Gasteiger partial charge on any atom is -0.494 e. The smallest absolute Gasteiger partial charge is 0.291 e. The Hall–Kier alpha value is -3.19. The molecular weight excluding hydrogens is 434 g/mol. The number of hydrogen-bond acceptors (Lipinski definition) is 6. The highest BCUT2D eigenvalue weighted by Crippen LogP contribution is 2.21. The molecule has 0 bridgehead atoms. The Morgan fingerprint density at radius 3 is 2.15 bits per heavy atom. The standard InChI is InChI=1S/C26H29N3O3S/c1-3-5-7-17-32-22-14-10-20(11-15-22)24-27-26-29(28-24)25(30)23(33-26)18-19-8-12-21(13-9-19)31-16-6-4-2/h8-15,18H,3-7,16-17H2,1-2H3/b23-18+. The third kappa shape index (κ3) is 5.79. The fourth-order valence-corrected chi connectivity index (χ4v) is 4.25. The largest absolute Gasteiger partial charge is 0.494 e. The zero-order valence-electron chi connectivity index (χ0n) is 19.1. The molecule has 0 unspecified atom stereocenters. The van der Waals surface area contributed by atoms with Gasteiger partial charge in [0.2, 0.25) is 4.96 Å². The maximum Gasteiger partial charge on any atom is 0.291 e. The van der Waals surface area contributed by atoms with Gasteiger partial charge in [0.1, 0.15) is 11.5 Å². The van der Waals surface area contributed by atoms with Gasteiger partial charge in [-0.15, -0.1) is 5.10 Å². The van der Waals surface area contributed by atoms with Crippen molar-refractivity contribution < 1.29 is 9.47 Å². The van der Waals surface area contributed by atoms with E-state index >= 15 is 0 Å². The molecule has 0 aliphatic rings. The van der Waals surface area contributed by atoms with Crippen molar-refractivity contribution in [1.82, 2.24) is 14.6 Å². The van der Waals surface area contributed by atoms with Crippen LogP contribution in [0.4, 0.5) is 0 Å². The van der Waals surface area contributed by atoms with E-state index in [0.29, 0.717) is 15.3 Å². The minimum absolute atomic E-state index is 0.159. The average molecular weight is 464 g/mol.